The van der Waals surface area contributed by atoms with Crippen LogP contribution in [0, 0.1) is 17.5 Å². The molecular weight excluding hydrogens is 481 g/mol. The van der Waals surface area contributed by atoms with Gasteiger partial charge in [0.15, 0.2) is 0 Å². The van der Waals surface area contributed by atoms with Crippen LogP contribution in [0.1, 0.15) is 43.9 Å². The van der Waals surface area contributed by atoms with E-state index in [0.717, 1.165) is 11.6 Å². The molecule has 1 heterocycles. The molecular formula is C29H29F3N2O3. The minimum atomic E-state index is -0.991. The minimum absolute atomic E-state index is 0.101. The van der Waals surface area contributed by atoms with Crippen LogP contribution in [0.15, 0.2) is 66.7 Å². The average molecular weight is 511 g/mol. The fourth-order valence-corrected chi connectivity index (χ4v) is 4.65. The zero-order valence-electron chi connectivity index (χ0n) is 21.0. The predicted molar refractivity (Wildman–Crippen MR) is 134 cm³/mol. The highest BCUT2D eigenvalue weighted by molar-refractivity contribution is 5.73. The van der Waals surface area contributed by atoms with E-state index in [0.29, 0.717) is 37.1 Å². The van der Waals surface area contributed by atoms with Gasteiger partial charge < -0.3 is 14.5 Å². The Labute approximate surface area is 214 Å². The van der Waals surface area contributed by atoms with Crippen LogP contribution in [0.25, 0.3) is 11.1 Å². The number of rotatable bonds is 7. The average Bonchev–Trinajstić information content (AvgIpc) is 2.87. The van der Waals surface area contributed by atoms with E-state index < -0.39 is 23.3 Å². The summed E-state index contributed by atoms with van der Waals surface area (Å²) in [4.78, 5) is 28.2. The largest absolute Gasteiger partial charge is 0.438 e. The molecule has 5 nitrogen and oxygen atoms in total. The first-order valence-corrected chi connectivity index (χ1v) is 12.1. The molecule has 1 saturated heterocycles. The first kappa shape index (κ1) is 26.3. The zero-order chi connectivity index (χ0) is 26.7. The Morgan fingerprint density at radius 3 is 2.27 bits per heavy atom. The molecule has 1 fully saturated rings. The minimum Gasteiger partial charge on any atom is -0.438 e. The summed E-state index contributed by atoms with van der Waals surface area (Å²) in [7, 11) is 1.68. The molecule has 1 aliphatic rings. The van der Waals surface area contributed by atoms with Crippen LogP contribution < -0.4 is 0 Å². The summed E-state index contributed by atoms with van der Waals surface area (Å²) in [5.74, 6) is -1.77. The molecule has 37 heavy (non-hydrogen) atoms. The molecule has 3 aromatic rings. The molecule has 0 spiro atoms. The Kier molecular flexibility index (Phi) is 7.57. The summed E-state index contributed by atoms with van der Waals surface area (Å²) < 4.78 is 47.1. The van der Waals surface area contributed by atoms with Gasteiger partial charge in [0.05, 0.1) is 6.04 Å². The van der Waals surface area contributed by atoms with Gasteiger partial charge in [0, 0.05) is 51.5 Å². The molecule has 0 saturated carbocycles. The molecule has 0 N–H and O–H groups in total. The monoisotopic (exact) mass is 510 g/mol. The second-order valence-electron chi connectivity index (χ2n) is 9.43. The van der Waals surface area contributed by atoms with Crippen LogP contribution in [0.2, 0.25) is 0 Å². The molecule has 2 atom stereocenters. The van der Waals surface area contributed by atoms with E-state index in [-0.39, 0.29) is 23.3 Å². The molecule has 8 heteroatoms. The number of hydrogen-bond acceptors (Lipinski definition) is 3. The van der Waals surface area contributed by atoms with E-state index >= 15 is 0 Å². The van der Waals surface area contributed by atoms with Crippen molar-refractivity contribution in [2.45, 2.75) is 38.3 Å². The molecule has 4 rings (SSSR count). The Balaban J connectivity index is 1.53. The Bertz CT molecular complexity index is 1280. The third kappa shape index (κ3) is 5.63. The number of ether oxygens (including phenoxy) is 1. The SMILES string of the molecule is CC(=O)N(C)CCC1(c2ccc(F)cc2)CCN([C@@H](C)c2ccc(-c3ccc(F)cc3F)cc2)C(=O)O1. The molecule has 0 aromatic heterocycles. The second kappa shape index (κ2) is 10.7. The molecule has 0 radical (unpaired) electrons. The Hall–Kier alpha value is -3.81. The lowest BCUT2D eigenvalue weighted by molar-refractivity contribution is -0.128. The summed E-state index contributed by atoms with van der Waals surface area (Å²) in [6.45, 7) is 4.10. The topological polar surface area (TPSA) is 49.9 Å². The fraction of sp³-hybridized carbons (Fsp3) is 0.310. The number of hydrogen-bond donors (Lipinski definition) is 0. The van der Waals surface area contributed by atoms with Crippen molar-refractivity contribution in [1.29, 1.82) is 0 Å². The second-order valence-corrected chi connectivity index (χ2v) is 9.43. The van der Waals surface area contributed by atoms with E-state index in [1.54, 1.807) is 53.2 Å². The van der Waals surface area contributed by atoms with E-state index in [4.69, 9.17) is 4.74 Å². The van der Waals surface area contributed by atoms with Crippen molar-refractivity contribution >= 4 is 12.0 Å². The summed E-state index contributed by atoms with van der Waals surface area (Å²) in [5, 5.41) is 0. The van der Waals surface area contributed by atoms with Crippen LogP contribution in [0.5, 0.6) is 0 Å². The van der Waals surface area contributed by atoms with Gasteiger partial charge in [-0.05, 0) is 47.9 Å². The lowest BCUT2D eigenvalue weighted by Gasteiger charge is -2.44. The van der Waals surface area contributed by atoms with E-state index in [9.17, 15) is 22.8 Å². The molecule has 1 unspecified atom stereocenters. The van der Waals surface area contributed by atoms with Gasteiger partial charge in [-0.1, -0.05) is 36.4 Å². The first-order valence-electron chi connectivity index (χ1n) is 12.1. The fourth-order valence-electron chi connectivity index (χ4n) is 4.65. The van der Waals surface area contributed by atoms with Gasteiger partial charge in [0.2, 0.25) is 5.91 Å². The van der Waals surface area contributed by atoms with Crippen molar-refractivity contribution in [2.24, 2.45) is 0 Å². The normalized spacial score (nSPS) is 18.3. The van der Waals surface area contributed by atoms with Crippen molar-refractivity contribution < 1.29 is 27.5 Å². The number of carbonyl (C=O) groups excluding carboxylic acids is 2. The van der Waals surface area contributed by atoms with Gasteiger partial charge in [0.1, 0.15) is 23.1 Å². The van der Waals surface area contributed by atoms with Gasteiger partial charge in [-0.25, -0.2) is 18.0 Å². The first-order chi connectivity index (χ1) is 17.6. The highest BCUT2D eigenvalue weighted by Crippen LogP contribution is 2.40. The maximum absolute atomic E-state index is 14.2. The van der Waals surface area contributed by atoms with Gasteiger partial charge >= 0.3 is 6.09 Å². The van der Waals surface area contributed by atoms with Crippen LogP contribution in [-0.4, -0.2) is 41.9 Å². The summed E-state index contributed by atoms with van der Waals surface area (Å²) >= 11 is 0. The number of amides is 2. The molecule has 3 aromatic carbocycles. The summed E-state index contributed by atoms with van der Waals surface area (Å²) in [6.07, 6.45) is 0.321. The number of nitrogens with zero attached hydrogens (tertiary/aromatic N) is 2. The maximum atomic E-state index is 14.2. The number of carbonyl (C=O) groups is 2. The van der Waals surface area contributed by atoms with Crippen molar-refractivity contribution in [2.75, 3.05) is 20.1 Å². The standard InChI is InChI=1S/C29H29F3N2O3/c1-19(21-4-6-22(7-5-21)26-13-12-25(31)18-27(26)32)34-17-15-29(37-28(34)36,14-16-33(3)20(2)35)23-8-10-24(30)11-9-23/h4-13,18-19H,14-17H2,1-3H3/t19-,29?/m0/s1. The number of cyclic esters (lactones) is 1. The van der Waals surface area contributed by atoms with E-state index in [1.807, 2.05) is 6.92 Å². The Morgan fingerprint density at radius 2 is 1.68 bits per heavy atom. The van der Waals surface area contributed by atoms with Crippen molar-refractivity contribution in [1.82, 2.24) is 9.80 Å². The number of benzene rings is 3. The Morgan fingerprint density at radius 1 is 1.03 bits per heavy atom. The summed E-state index contributed by atoms with van der Waals surface area (Å²) in [6, 6.07) is 16.1. The van der Waals surface area contributed by atoms with Crippen LogP contribution in [0.3, 0.4) is 0 Å². The highest BCUT2D eigenvalue weighted by Gasteiger charge is 2.43. The number of halogens is 3. The molecule has 194 valence electrons. The predicted octanol–water partition coefficient (Wildman–Crippen LogP) is 6.44. The van der Waals surface area contributed by atoms with Crippen LogP contribution in [-0.2, 0) is 15.1 Å². The lowest BCUT2D eigenvalue weighted by Crippen LogP contribution is -2.49. The van der Waals surface area contributed by atoms with Gasteiger partial charge in [-0.3, -0.25) is 4.79 Å². The smallest absolute Gasteiger partial charge is 0.411 e. The zero-order valence-corrected chi connectivity index (χ0v) is 21.0. The van der Waals surface area contributed by atoms with Crippen LogP contribution in [0.4, 0.5) is 18.0 Å². The molecule has 2 amide bonds. The summed E-state index contributed by atoms with van der Waals surface area (Å²) in [5.41, 5.74) is 1.40. The molecule has 1 aliphatic heterocycles. The van der Waals surface area contributed by atoms with Crippen molar-refractivity contribution in [3.05, 3.63) is 95.3 Å². The maximum Gasteiger partial charge on any atom is 0.411 e. The third-order valence-corrected chi connectivity index (χ3v) is 7.14. The van der Waals surface area contributed by atoms with Crippen molar-refractivity contribution in [3.63, 3.8) is 0 Å². The van der Waals surface area contributed by atoms with E-state index in [2.05, 4.69) is 0 Å². The molecule has 0 bridgehead atoms. The quantitative estimate of drug-likeness (QED) is 0.368. The lowest BCUT2D eigenvalue weighted by atomic mass is 9.85. The highest BCUT2D eigenvalue weighted by atomic mass is 19.1. The van der Waals surface area contributed by atoms with Crippen molar-refractivity contribution in [3.8, 4) is 11.1 Å². The van der Waals surface area contributed by atoms with Gasteiger partial charge in [-0.15, -0.1) is 0 Å². The van der Waals surface area contributed by atoms with Gasteiger partial charge in [-0.2, -0.15) is 0 Å². The van der Waals surface area contributed by atoms with E-state index in [1.165, 1.54) is 31.2 Å². The van der Waals surface area contributed by atoms with Gasteiger partial charge in [0.25, 0.3) is 0 Å². The third-order valence-electron chi connectivity index (χ3n) is 7.14. The molecule has 0 aliphatic carbocycles. The van der Waals surface area contributed by atoms with Crippen LogP contribution >= 0.6 is 0 Å².